The number of hydrogen-bond acceptors (Lipinski definition) is 4. The number of aromatic nitrogens is 1. The Hall–Kier alpha value is -2.66. The molecule has 0 saturated heterocycles. The molecule has 0 bridgehead atoms. The van der Waals surface area contributed by atoms with Gasteiger partial charge in [0.1, 0.15) is 5.75 Å². The summed E-state index contributed by atoms with van der Waals surface area (Å²) >= 11 is 5.94. The minimum atomic E-state index is -0.299. The molecule has 0 aliphatic rings. The first-order valence-electron chi connectivity index (χ1n) is 6.44. The highest BCUT2D eigenvalue weighted by atomic mass is 35.5. The Morgan fingerprint density at radius 2 is 2.09 bits per heavy atom. The molecule has 1 aromatic carbocycles. The molecule has 6 heteroatoms. The highest BCUT2D eigenvalue weighted by Gasteiger charge is 2.01. The van der Waals surface area contributed by atoms with Crippen LogP contribution in [-0.4, -0.2) is 24.2 Å². The number of ether oxygens (including phenoxy) is 1. The molecule has 0 fully saturated rings. The van der Waals surface area contributed by atoms with Gasteiger partial charge in [-0.2, -0.15) is 5.10 Å². The number of carbonyl (C=O) groups excluding carboxylic acids is 1. The average Bonchev–Trinajstić information content (AvgIpc) is 2.55. The molecule has 0 saturated carbocycles. The van der Waals surface area contributed by atoms with Gasteiger partial charge in [-0.1, -0.05) is 11.6 Å². The van der Waals surface area contributed by atoms with E-state index >= 15 is 0 Å². The van der Waals surface area contributed by atoms with E-state index < -0.39 is 0 Å². The first-order chi connectivity index (χ1) is 10.7. The molecule has 0 spiro atoms. The number of nitrogens with one attached hydrogen (secondary N) is 1. The predicted molar refractivity (Wildman–Crippen MR) is 87.2 cm³/mol. The quantitative estimate of drug-likeness (QED) is 0.681. The minimum Gasteiger partial charge on any atom is -0.496 e. The van der Waals surface area contributed by atoms with Crippen LogP contribution in [0.5, 0.6) is 5.75 Å². The summed E-state index contributed by atoms with van der Waals surface area (Å²) in [5.74, 6) is 0.405. The Labute approximate surface area is 133 Å². The van der Waals surface area contributed by atoms with E-state index in [1.165, 1.54) is 6.21 Å². The molecule has 1 aromatic heterocycles. The van der Waals surface area contributed by atoms with Crippen LogP contribution >= 0.6 is 11.6 Å². The lowest BCUT2D eigenvalue weighted by Crippen LogP contribution is -2.17. The summed E-state index contributed by atoms with van der Waals surface area (Å²) in [7, 11) is 1.59. The van der Waals surface area contributed by atoms with E-state index in [9.17, 15) is 4.79 Å². The summed E-state index contributed by atoms with van der Waals surface area (Å²) in [5, 5.41) is 4.45. The lowest BCUT2D eigenvalue weighted by atomic mass is 10.2. The van der Waals surface area contributed by atoms with Gasteiger partial charge >= 0.3 is 0 Å². The summed E-state index contributed by atoms with van der Waals surface area (Å²) < 4.78 is 5.22. The smallest absolute Gasteiger partial charge is 0.271 e. The van der Waals surface area contributed by atoms with Crippen molar-refractivity contribution in [2.45, 2.75) is 0 Å². The first kappa shape index (κ1) is 15.7. The zero-order valence-electron chi connectivity index (χ0n) is 11.9. The fourth-order valence-corrected chi connectivity index (χ4v) is 1.87. The second-order valence-corrected chi connectivity index (χ2v) is 4.64. The Bertz CT molecular complexity index is 700. The molecule has 1 heterocycles. The molecule has 2 aromatic rings. The van der Waals surface area contributed by atoms with Crippen LogP contribution in [0.15, 0.2) is 53.9 Å². The largest absolute Gasteiger partial charge is 0.496 e. The van der Waals surface area contributed by atoms with Gasteiger partial charge in [0.05, 0.1) is 7.11 Å². The Morgan fingerprint density at radius 1 is 1.32 bits per heavy atom. The van der Waals surface area contributed by atoms with Crippen LogP contribution in [0.2, 0.25) is 5.02 Å². The zero-order valence-corrected chi connectivity index (χ0v) is 12.6. The third-order valence-corrected chi connectivity index (χ3v) is 2.97. The summed E-state index contributed by atoms with van der Waals surface area (Å²) in [6, 6.07) is 8.53. The number of benzene rings is 1. The molecule has 0 atom stereocenters. The van der Waals surface area contributed by atoms with Crippen molar-refractivity contribution in [3.05, 3.63) is 65.0 Å². The zero-order chi connectivity index (χ0) is 15.8. The van der Waals surface area contributed by atoms with E-state index in [4.69, 9.17) is 16.3 Å². The van der Waals surface area contributed by atoms with E-state index in [0.29, 0.717) is 16.3 Å². The van der Waals surface area contributed by atoms with Crippen molar-refractivity contribution in [1.29, 1.82) is 0 Å². The molecule has 1 amide bonds. The van der Waals surface area contributed by atoms with E-state index in [1.54, 1.807) is 62.0 Å². The molecule has 0 unspecified atom stereocenters. The normalized spacial score (nSPS) is 11.0. The van der Waals surface area contributed by atoms with Crippen LogP contribution in [0.3, 0.4) is 0 Å². The summed E-state index contributed by atoms with van der Waals surface area (Å²) in [5.41, 5.74) is 3.73. The number of carbonyl (C=O) groups is 1. The van der Waals surface area contributed by atoms with Gasteiger partial charge in [0.25, 0.3) is 5.91 Å². The number of hydrogen-bond donors (Lipinski definition) is 1. The average molecular weight is 316 g/mol. The number of halogens is 1. The van der Waals surface area contributed by atoms with Crippen LogP contribution < -0.4 is 10.2 Å². The maximum absolute atomic E-state index is 11.7. The van der Waals surface area contributed by atoms with Crippen molar-refractivity contribution in [3.63, 3.8) is 0 Å². The van der Waals surface area contributed by atoms with Crippen LogP contribution in [0.25, 0.3) is 6.08 Å². The van der Waals surface area contributed by atoms with Gasteiger partial charge in [-0.25, -0.2) is 5.43 Å². The van der Waals surface area contributed by atoms with Gasteiger partial charge in [-0.3, -0.25) is 9.78 Å². The Kier molecular flexibility index (Phi) is 5.68. The topological polar surface area (TPSA) is 63.6 Å². The van der Waals surface area contributed by atoms with Gasteiger partial charge in [-0.05, 0) is 42.5 Å². The summed E-state index contributed by atoms with van der Waals surface area (Å²) in [4.78, 5) is 15.6. The molecule has 2 rings (SSSR count). The summed E-state index contributed by atoms with van der Waals surface area (Å²) in [6.07, 6.45) is 8.03. The number of amides is 1. The molecule has 0 aliphatic carbocycles. The van der Waals surface area contributed by atoms with E-state index in [0.717, 1.165) is 5.56 Å². The fourth-order valence-electron chi connectivity index (χ4n) is 1.69. The molecule has 1 N–H and O–H groups in total. The molecule has 0 aliphatic heterocycles. The van der Waals surface area contributed by atoms with Crippen LogP contribution in [0.4, 0.5) is 0 Å². The third-order valence-electron chi connectivity index (χ3n) is 2.74. The summed E-state index contributed by atoms with van der Waals surface area (Å²) in [6.45, 7) is 0. The van der Waals surface area contributed by atoms with E-state index in [1.807, 2.05) is 0 Å². The van der Waals surface area contributed by atoms with Crippen LogP contribution in [-0.2, 0) is 0 Å². The number of rotatable bonds is 5. The molecular weight excluding hydrogens is 302 g/mol. The van der Waals surface area contributed by atoms with Gasteiger partial charge in [0.15, 0.2) is 0 Å². The minimum absolute atomic E-state index is 0.299. The number of allylic oxidation sites excluding steroid dienone is 1. The van der Waals surface area contributed by atoms with Gasteiger partial charge < -0.3 is 4.74 Å². The number of hydrazone groups is 1. The molecule has 5 nitrogen and oxygen atoms in total. The fraction of sp³-hybridized carbons (Fsp3) is 0.0625. The van der Waals surface area contributed by atoms with E-state index in [-0.39, 0.29) is 5.91 Å². The molecular formula is C16H14ClN3O2. The Morgan fingerprint density at radius 3 is 2.82 bits per heavy atom. The number of methoxy groups -OCH3 is 1. The lowest BCUT2D eigenvalue weighted by molar-refractivity contribution is 0.0955. The van der Waals surface area contributed by atoms with E-state index in [2.05, 4.69) is 15.5 Å². The van der Waals surface area contributed by atoms with Gasteiger partial charge in [0, 0.05) is 34.8 Å². The van der Waals surface area contributed by atoms with Crippen molar-refractivity contribution in [1.82, 2.24) is 10.4 Å². The second-order valence-electron chi connectivity index (χ2n) is 4.20. The van der Waals surface area contributed by atoms with Crippen molar-refractivity contribution in [3.8, 4) is 5.75 Å². The van der Waals surface area contributed by atoms with Gasteiger partial charge in [-0.15, -0.1) is 0 Å². The van der Waals surface area contributed by atoms with Crippen LogP contribution in [0.1, 0.15) is 15.9 Å². The van der Waals surface area contributed by atoms with Gasteiger partial charge in [0.2, 0.25) is 0 Å². The standard InChI is InChI=1S/C16H14ClN3O2/c1-22-15-5-4-14(17)11-13(15)3-2-8-19-20-16(21)12-6-9-18-10-7-12/h2-11H,1H3,(H,20,21)/b3-2+,19-8-. The van der Waals surface area contributed by atoms with Crippen molar-refractivity contribution >= 4 is 29.8 Å². The highest BCUT2D eigenvalue weighted by Crippen LogP contribution is 2.23. The predicted octanol–water partition coefficient (Wildman–Crippen LogP) is 3.17. The molecule has 22 heavy (non-hydrogen) atoms. The van der Waals surface area contributed by atoms with Crippen molar-refractivity contribution in [2.75, 3.05) is 7.11 Å². The Balaban J connectivity index is 1.95. The molecule has 0 radical (unpaired) electrons. The van der Waals surface area contributed by atoms with Crippen LogP contribution in [0, 0.1) is 0 Å². The number of pyridine rings is 1. The first-order valence-corrected chi connectivity index (χ1v) is 6.82. The van der Waals surface area contributed by atoms with Crippen molar-refractivity contribution < 1.29 is 9.53 Å². The maximum Gasteiger partial charge on any atom is 0.271 e. The van der Waals surface area contributed by atoms with Crippen molar-refractivity contribution in [2.24, 2.45) is 5.10 Å². The third kappa shape index (κ3) is 4.43. The lowest BCUT2D eigenvalue weighted by Gasteiger charge is -2.04. The second kappa shape index (κ2) is 7.95. The highest BCUT2D eigenvalue weighted by molar-refractivity contribution is 6.30. The number of nitrogens with zero attached hydrogens (tertiary/aromatic N) is 2. The monoisotopic (exact) mass is 315 g/mol. The maximum atomic E-state index is 11.7. The molecule has 112 valence electrons. The SMILES string of the molecule is COc1ccc(Cl)cc1/C=C/C=N\NC(=O)c1ccncc1.